The molecule has 2 aromatic carbocycles. The Morgan fingerprint density at radius 2 is 2.08 bits per heavy atom. The van der Waals surface area contributed by atoms with Crippen molar-refractivity contribution in [2.24, 2.45) is 0 Å². The lowest BCUT2D eigenvalue weighted by molar-refractivity contribution is -0.118. The van der Waals surface area contributed by atoms with Gasteiger partial charge < -0.3 is 10.1 Å². The summed E-state index contributed by atoms with van der Waals surface area (Å²) in [5, 5.41) is 2.92. The maximum absolute atomic E-state index is 12.1. The number of carbonyl (C=O) groups is 2. The van der Waals surface area contributed by atoms with Crippen LogP contribution in [0.1, 0.15) is 11.1 Å². The normalized spacial score (nSPS) is 13.6. The third-order valence-electron chi connectivity index (χ3n) is 3.93. The number of rotatable bonds is 6. The van der Waals surface area contributed by atoms with Crippen LogP contribution in [0.3, 0.4) is 0 Å². The highest BCUT2D eigenvalue weighted by Gasteiger charge is 2.23. The Kier molecular flexibility index (Phi) is 5.60. The number of hydrogen-bond donors (Lipinski definition) is 1. The number of aryl methyl sites for hydroxylation is 1. The van der Waals surface area contributed by atoms with Crippen LogP contribution in [-0.4, -0.2) is 30.9 Å². The standard InChI is InChI=1S/C19H20N2O3S/c1-14-5-2-3-8-17(14)25-13-18(22)20-12-15-6-4-7-16(11-15)21-9-10-24-19(21)23/h2-8,11H,9-10,12-13H2,1H3,(H,20,22). The summed E-state index contributed by atoms with van der Waals surface area (Å²) in [6.07, 6.45) is -0.323. The average Bonchev–Trinajstić information content (AvgIpc) is 3.05. The minimum atomic E-state index is -0.323. The molecule has 1 heterocycles. The van der Waals surface area contributed by atoms with Crippen LogP contribution in [0.4, 0.5) is 10.5 Å². The predicted octanol–water partition coefficient (Wildman–Crippen LogP) is 3.36. The fourth-order valence-corrected chi connectivity index (χ4v) is 3.43. The van der Waals surface area contributed by atoms with Crippen LogP contribution in [0.2, 0.25) is 0 Å². The summed E-state index contributed by atoms with van der Waals surface area (Å²) < 4.78 is 4.96. The van der Waals surface area contributed by atoms with Gasteiger partial charge >= 0.3 is 6.09 Å². The molecule has 1 aliphatic heterocycles. The molecule has 0 atom stereocenters. The minimum Gasteiger partial charge on any atom is -0.447 e. The SMILES string of the molecule is Cc1ccccc1SCC(=O)NCc1cccc(N2CCOC2=O)c1. The second-order valence-electron chi connectivity index (χ2n) is 5.77. The first kappa shape index (κ1) is 17.4. The first-order valence-electron chi connectivity index (χ1n) is 8.12. The highest BCUT2D eigenvalue weighted by atomic mass is 32.2. The van der Waals surface area contributed by atoms with Crippen LogP contribution in [0, 0.1) is 6.92 Å². The zero-order chi connectivity index (χ0) is 17.6. The summed E-state index contributed by atoms with van der Waals surface area (Å²) in [6.45, 7) is 3.44. The number of nitrogens with zero attached hydrogens (tertiary/aromatic N) is 1. The van der Waals surface area contributed by atoms with E-state index in [1.807, 2.05) is 55.5 Å². The Hall–Kier alpha value is -2.47. The number of benzene rings is 2. The van der Waals surface area contributed by atoms with Gasteiger partial charge in [0.2, 0.25) is 5.91 Å². The fourth-order valence-electron chi connectivity index (χ4n) is 2.58. The molecule has 0 aliphatic carbocycles. The molecular formula is C19H20N2O3S. The molecule has 1 N–H and O–H groups in total. The molecule has 0 unspecified atom stereocenters. The van der Waals surface area contributed by atoms with E-state index in [9.17, 15) is 9.59 Å². The van der Waals surface area contributed by atoms with Crippen LogP contribution in [0.15, 0.2) is 53.4 Å². The summed E-state index contributed by atoms with van der Waals surface area (Å²) in [5.41, 5.74) is 2.92. The number of hydrogen-bond acceptors (Lipinski definition) is 4. The van der Waals surface area contributed by atoms with E-state index in [1.165, 1.54) is 17.3 Å². The van der Waals surface area contributed by atoms with Crippen molar-refractivity contribution in [1.82, 2.24) is 5.32 Å². The molecule has 2 amide bonds. The number of carbonyl (C=O) groups excluding carboxylic acids is 2. The van der Waals surface area contributed by atoms with Gasteiger partial charge in [-0.05, 0) is 36.2 Å². The lowest BCUT2D eigenvalue weighted by Crippen LogP contribution is -2.25. The average molecular weight is 356 g/mol. The van der Waals surface area contributed by atoms with Gasteiger partial charge in [0.25, 0.3) is 0 Å². The molecule has 0 radical (unpaired) electrons. The molecule has 6 heteroatoms. The first-order valence-corrected chi connectivity index (χ1v) is 9.10. The van der Waals surface area contributed by atoms with E-state index in [0.29, 0.717) is 25.4 Å². The van der Waals surface area contributed by atoms with E-state index in [4.69, 9.17) is 4.74 Å². The molecule has 130 valence electrons. The van der Waals surface area contributed by atoms with E-state index in [1.54, 1.807) is 4.90 Å². The number of ether oxygens (including phenoxy) is 1. The topological polar surface area (TPSA) is 58.6 Å². The summed E-state index contributed by atoms with van der Waals surface area (Å²) >= 11 is 1.53. The second-order valence-corrected chi connectivity index (χ2v) is 6.78. The third-order valence-corrected chi connectivity index (χ3v) is 5.10. The number of anilines is 1. The molecule has 0 bridgehead atoms. The monoisotopic (exact) mass is 356 g/mol. The van der Waals surface area contributed by atoms with Crippen molar-refractivity contribution in [3.8, 4) is 0 Å². The number of thioether (sulfide) groups is 1. The molecule has 5 nitrogen and oxygen atoms in total. The van der Waals surface area contributed by atoms with Gasteiger partial charge in [0, 0.05) is 17.1 Å². The van der Waals surface area contributed by atoms with Gasteiger partial charge in [0.1, 0.15) is 6.61 Å². The van der Waals surface area contributed by atoms with E-state index in [-0.39, 0.29) is 12.0 Å². The molecule has 25 heavy (non-hydrogen) atoms. The quantitative estimate of drug-likeness (QED) is 0.807. The number of nitrogens with one attached hydrogen (secondary N) is 1. The van der Waals surface area contributed by atoms with Crippen LogP contribution in [-0.2, 0) is 16.1 Å². The Morgan fingerprint density at radius 1 is 1.24 bits per heavy atom. The van der Waals surface area contributed by atoms with Crippen molar-refractivity contribution in [3.05, 3.63) is 59.7 Å². The second kappa shape index (κ2) is 8.07. The minimum absolute atomic E-state index is 0.0146. The number of cyclic esters (lactones) is 1. The maximum Gasteiger partial charge on any atom is 0.414 e. The van der Waals surface area contributed by atoms with E-state index < -0.39 is 0 Å². The highest BCUT2D eigenvalue weighted by molar-refractivity contribution is 8.00. The van der Waals surface area contributed by atoms with Crippen LogP contribution in [0.25, 0.3) is 0 Å². The molecule has 1 fully saturated rings. The van der Waals surface area contributed by atoms with Crippen LogP contribution >= 0.6 is 11.8 Å². The molecule has 2 aromatic rings. The number of amides is 2. The predicted molar refractivity (Wildman–Crippen MR) is 98.9 cm³/mol. The van der Waals surface area contributed by atoms with Gasteiger partial charge in [-0.1, -0.05) is 30.3 Å². The van der Waals surface area contributed by atoms with Gasteiger partial charge in [-0.3, -0.25) is 9.69 Å². The maximum atomic E-state index is 12.1. The van der Waals surface area contributed by atoms with Crippen molar-refractivity contribution in [1.29, 1.82) is 0 Å². The zero-order valence-electron chi connectivity index (χ0n) is 14.0. The molecule has 1 saturated heterocycles. The van der Waals surface area contributed by atoms with Gasteiger partial charge in [0.15, 0.2) is 0 Å². The van der Waals surface area contributed by atoms with Gasteiger partial charge in [-0.25, -0.2) is 4.79 Å². The first-order chi connectivity index (χ1) is 12.1. The Morgan fingerprint density at radius 3 is 2.84 bits per heavy atom. The smallest absolute Gasteiger partial charge is 0.414 e. The van der Waals surface area contributed by atoms with Gasteiger partial charge in [-0.15, -0.1) is 11.8 Å². The van der Waals surface area contributed by atoms with E-state index in [0.717, 1.165) is 16.1 Å². The molecule has 1 aliphatic rings. The Labute approximate surface area is 151 Å². The summed E-state index contributed by atoms with van der Waals surface area (Å²) in [7, 11) is 0. The molecule has 0 saturated carbocycles. The molecule has 0 spiro atoms. The summed E-state index contributed by atoms with van der Waals surface area (Å²) in [6, 6.07) is 15.6. The Balaban J connectivity index is 1.52. The highest BCUT2D eigenvalue weighted by Crippen LogP contribution is 2.22. The van der Waals surface area contributed by atoms with Gasteiger partial charge in [0.05, 0.1) is 12.3 Å². The Bertz CT molecular complexity index is 779. The molecule has 3 rings (SSSR count). The third kappa shape index (κ3) is 4.54. The van der Waals surface area contributed by atoms with E-state index >= 15 is 0 Å². The fraction of sp³-hybridized carbons (Fsp3) is 0.263. The summed E-state index contributed by atoms with van der Waals surface area (Å²) in [5.74, 6) is 0.363. The zero-order valence-corrected chi connectivity index (χ0v) is 14.8. The largest absolute Gasteiger partial charge is 0.447 e. The van der Waals surface area contributed by atoms with Crippen LogP contribution < -0.4 is 10.2 Å². The van der Waals surface area contributed by atoms with Crippen molar-refractivity contribution in [3.63, 3.8) is 0 Å². The van der Waals surface area contributed by atoms with Crippen molar-refractivity contribution in [2.75, 3.05) is 23.8 Å². The van der Waals surface area contributed by atoms with Crippen LogP contribution in [0.5, 0.6) is 0 Å². The lowest BCUT2D eigenvalue weighted by Gasteiger charge is -2.14. The molecule has 0 aromatic heterocycles. The van der Waals surface area contributed by atoms with Crippen molar-refractivity contribution in [2.45, 2.75) is 18.4 Å². The van der Waals surface area contributed by atoms with E-state index in [2.05, 4.69) is 5.32 Å². The van der Waals surface area contributed by atoms with Crippen molar-refractivity contribution >= 4 is 29.4 Å². The van der Waals surface area contributed by atoms with Crippen molar-refractivity contribution < 1.29 is 14.3 Å². The summed E-state index contributed by atoms with van der Waals surface area (Å²) in [4.78, 5) is 26.4. The van der Waals surface area contributed by atoms with Gasteiger partial charge in [-0.2, -0.15) is 0 Å². The molecular weight excluding hydrogens is 336 g/mol. The lowest BCUT2D eigenvalue weighted by atomic mass is 10.2.